The molecule has 2 aromatic carbocycles. The van der Waals surface area contributed by atoms with E-state index < -0.39 is 0 Å². The first-order valence-electron chi connectivity index (χ1n) is 10.5. The molecule has 0 spiro atoms. The maximum atomic E-state index is 12.8. The summed E-state index contributed by atoms with van der Waals surface area (Å²) in [6.45, 7) is 6.77. The van der Waals surface area contributed by atoms with Crippen LogP contribution >= 0.6 is 0 Å². The molecule has 0 bridgehead atoms. The first-order chi connectivity index (χ1) is 14.1. The second-order valence-electron chi connectivity index (χ2n) is 8.24. The summed E-state index contributed by atoms with van der Waals surface area (Å²) in [6.07, 6.45) is 0.683. The van der Waals surface area contributed by atoms with Crippen LogP contribution in [0.1, 0.15) is 23.1 Å². The average molecular weight is 392 g/mol. The van der Waals surface area contributed by atoms with E-state index in [0.717, 1.165) is 38.3 Å². The molecule has 2 aromatic rings. The van der Waals surface area contributed by atoms with E-state index in [-0.39, 0.29) is 23.7 Å². The van der Waals surface area contributed by atoms with Crippen molar-refractivity contribution >= 4 is 11.8 Å². The van der Waals surface area contributed by atoms with Crippen LogP contribution in [0.15, 0.2) is 54.6 Å². The fourth-order valence-electron chi connectivity index (χ4n) is 4.10. The molecule has 2 amide bonds. The minimum absolute atomic E-state index is 0.00701. The van der Waals surface area contributed by atoms with Crippen LogP contribution in [-0.4, -0.2) is 47.8 Å². The quantitative estimate of drug-likeness (QED) is 0.824. The molecule has 4 rings (SSSR count). The van der Waals surface area contributed by atoms with Crippen molar-refractivity contribution in [2.45, 2.75) is 26.4 Å². The van der Waals surface area contributed by atoms with Gasteiger partial charge in [0.2, 0.25) is 11.8 Å². The van der Waals surface area contributed by atoms with Crippen molar-refractivity contribution < 1.29 is 9.59 Å². The molecule has 2 unspecified atom stereocenters. The van der Waals surface area contributed by atoms with Gasteiger partial charge in [0.05, 0.1) is 11.8 Å². The summed E-state index contributed by atoms with van der Waals surface area (Å²) in [4.78, 5) is 29.5. The molecule has 2 fully saturated rings. The highest BCUT2D eigenvalue weighted by molar-refractivity contribution is 5.92. The second-order valence-corrected chi connectivity index (χ2v) is 8.24. The van der Waals surface area contributed by atoms with Crippen molar-refractivity contribution in [2.24, 2.45) is 11.8 Å². The number of nitrogens with one attached hydrogen (secondary N) is 1. The third-order valence-electron chi connectivity index (χ3n) is 5.93. The number of carbonyl (C=O) groups excluding carboxylic acids is 2. The lowest BCUT2D eigenvalue weighted by atomic mass is 10.1. The van der Waals surface area contributed by atoms with Crippen LogP contribution in [0.4, 0.5) is 0 Å². The summed E-state index contributed by atoms with van der Waals surface area (Å²) in [5.74, 6) is -0.129. The van der Waals surface area contributed by atoms with Gasteiger partial charge >= 0.3 is 0 Å². The maximum absolute atomic E-state index is 12.8. The fourth-order valence-corrected chi connectivity index (χ4v) is 4.10. The van der Waals surface area contributed by atoms with E-state index in [2.05, 4.69) is 40.5 Å². The summed E-state index contributed by atoms with van der Waals surface area (Å²) in [5.41, 5.74) is 3.58. The lowest BCUT2D eigenvalue weighted by Gasteiger charge is -2.35. The normalized spacial score (nSPS) is 21.6. The van der Waals surface area contributed by atoms with Gasteiger partial charge in [-0.15, -0.1) is 0 Å². The second kappa shape index (κ2) is 8.78. The van der Waals surface area contributed by atoms with Gasteiger partial charge < -0.3 is 10.2 Å². The number of aryl methyl sites for hydroxylation is 1. The molecule has 1 saturated carbocycles. The lowest BCUT2D eigenvalue weighted by Crippen LogP contribution is -2.49. The number of hydrogen-bond donors (Lipinski definition) is 1. The van der Waals surface area contributed by atoms with Crippen LogP contribution in [0, 0.1) is 18.8 Å². The molecule has 1 aliphatic heterocycles. The number of carbonyl (C=O) groups is 2. The van der Waals surface area contributed by atoms with Crippen LogP contribution in [0.5, 0.6) is 0 Å². The predicted molar refractivity (Wildman–Crippen MR) is 113 cm³/mol. The molecule has 2 aliphatic rings. The summed E-state index contributed by atoms with van der Waals surface area (Å²) in [6, 6.07) is 18.6. The van der Waals surface area contributed by atoms with Crippen LogP contribution < -0.4 is 5.32 Å². The highest BCUT2D eigenvalue weighted by atomic mass is 16.2. The molecule has 0 aromatic heterocycles. The van der Waals surface area contributed by atoms with Gasteiger partial charge in [0, 0.05) is 39.3 Å². The molecule has 1 heterocycles. The zero-order valence-corrected chi connectivity index (χ0v) is 17.0. The SMILES string of the molecule is Cc1cccc(CNC(=O)C2CC2C(=O)N2CCN(Cc3ccccc3)CC2)c1. The Hall–Kier alpha value is -2.66. The third kappa shape index (κ3) is 5.04. The van der Waals surface area contributed by atoms with E-state index in [1.165, 1.54) is 11.1 Å². The van der Waals surface area contributed by atoms with Crippen molar-refractivity contribution in [1.82, 2.24) is 15.1 Å². The maximum Gasteiger partial charge on any atom is 0.226 e. The molecule has 1 saturated heterocycles. The Morgan fingerprint density at radius 2 is 1.66 bits per heavy atom. The van der Waals surface area contributed by atoms with Gasteiger partial charge in [0.25, 0.3) is 0 Å². The number of piperazine rings is 1. The van der Waals surface area contributed by atoms with E-state index in [0.29, 0.717) is 13.0 Å². The van der Waals surface area contributed by atoms with Gasteiger partial charge in [0.1, 0.15) is 0 Å². The van der Waals surface area contributed by atoms with Crippen molar-refractivity contribution in [3.05, 3.63) is 71.3 Å². The minimum atomic E-state index is -0.158. The average Bonchev–Trinajstić information content (AvgIpc) is 3.54. The van der Waals surface area contributed by atoms with E-state index in [4.69, 9.17) is 0 Å². The van der Waals surface area contributed by atoms with E-state index >= 15 is 0 Å². The summed E-state index contributed by atoms with van der Waals surface area (Å²) in [5, 5.41) is 2.99. The molecule has 2 atom stereocenters. The van der Waals surface area contributed by atoms with Crippen molar-refractivity contribution in [2.75, 3.05) is 26.2 Å². The standard InChI is InChI=1S/C24H29N3O2/c1-18-6-5-9-20(14-18)16-25-23(28)21-15-22(21)24(29)27-12-10-26(11-13-27)17-19-7-3-2-4-8-19/h2-9,14,21-22H,10-13,15-17H2,1H3,(H,25,28). The molecule has 152 valence electrons. The molecular formula is C24H29N3O2. The van der Waals surface area contributed by atoms with Gasteiger partial charge in [-0.2, -0.15) is 0 Å². The van der Waals surface area contributed by atoms with Gasteiger partial charge in [-0.1, -0.05) is 60.2 Å². The molecule has 5 heteroatoms. The highest BCUT2D eigenvalue weighted by Crippen LogP contribution is 2.40. The molecule has 0 radical (unpaired) electrons. The number of hydrogen-bond acceptors (Lipinski definition) is 3. The molecule has 5 nitrogen and oxygen atoms in total. The highest BCUT2D eigenvalue weighted by Gasteiger charge is 2.49. The van der Waals surface area contributed by atoms with E-state index in [9.17, 15) is 9.59 Å². The predicted octanol–water partition coefficient (Wildman–Crippen LogP) is 2.59. The van der Waals surface area contributed by atoms with Gasteiger partial charge in [0.15, 0.2) is 0 Å². The summed E-state index contributed by atoms with van der Waals surface area (Å²) >= 11 is 0. The Balaban J connectivity index is 1.20. The largest absolute Gasteiger partial charge is 0.352 e. The molecule has 1 aliphatic carbocycles. The van der Waals surface area contributed by atoms with Crippen LogP contribution in [-0.2, 0) is 22.7 Å². The van der Waals surface area contributed by atoms with Crippen molar-refractivity contribution in [1.29, 1.82) is 0 Å². The van der Waals surface area contributed by atoms with Gasteiger partial charge in [-0.05, 0) is 24.5 Å². The smallest absolute Gasteiger partial charge is 0.226 e. The van der Waals surface area contributed by atoms with Crippen molar-refractivity contribution in [3.8, 4) is 0 Å². The third-order valence-corrected chi connectivity index (χ3v) is 5.93. The van der Waals surface area contributed by atoms with Crippen molar-refractivity contribution in [3.63, 3.8) is 0 Å². The Bertz CT molecular complexity index is 859. The van der Waals surface area contributed by atoms with Gasteiger partial charge in [-0.25, -0.2) is 0 Å². The van der Waals surface area contributed by atoms with Gasteiger partial charge in [-0.3, -0.25) is 14.5 Å². The molecule has 29 heavy (non-hydrogen) atoms. The summed E-state index contributed by atoms with van der Waals surface area (Å²) < 4.78 is 0. The Morgan fingerprint density at radius 3 is 2.38 bits per heavy atom. The topological polar surface area (TPSA) is 52.7 Å². The van der Waals surface area contributed by atoms with E-state index in [1.54, 1.807) is 0 Å². The number of nitrogens with zero attached hydrogens (tertiary/aromatic N) is 2. The van der Waals surface area contributed by atoms with Crippen LogP contribution in [0.2, 0.25) is 0 Å². The van der Waals surface area contributed by atoms with Crippen LogP contribution in [0.25, 0.3) is 0 Å². The van der Waals surface area contributed by atoms with Crippen LogP contribution in [0.3, 0.4) is 0 Å². The fraction of sp³-hybridized carbons (Fsp3) is 0.417. The number of rotatable bonds is 6. The lowest BCUT2D eigenvalue weighted by molar-refractivity contribution is -0.136. The first-order valence-corrected chi connectivity index (χ1v) is 10.5. The molecule has 1 N–H and O–H groups in total. The molecular weight excluding hydrogens is 362 g/mol. The Kier molecular flexibility index (Phi) is 5.95. The minimum Gasteiger partial charge on any atom is -0.352 e. The zero-order chi connectivity index (χ0) is 20.2. The van der Waals surface area contributed by atoms with E-state index in [1.807, 2.05) is 36.1 Å². The zero-order valence-electron chi connectivity index (χ0n) is 17.0. The summed E-state index contributed by atoms with van der Waals surface area (Å²) in [7, 11) is 0. The first kappa shape index (κ1) is 19.6. The monoisotopic (exact) mass is 391 g/mol. The Labute approximate surface area is 172 Å². The number of benzene rings is 2. The number of amides is 2. The Morgan fingerprint density at radius 1 is 0.931 bits per heavy atom.